The first-order valence-electron chi connectivity index (χ1n) is 9.68. The van der Waals surface area contributed by atoms with Gasteiger partial charge in [0.15, 0.2) is 0 Å². The molecule has 5 rings (SSSR count). The second-order valence-electron chi connectivity index (χ2n) is 6.50. The summed E-state index contributed by atoms with van der Waals surface area (Å²) < 4.78 is 9.28. The lowest BCUT2D eigenvalue weighted by Crippen LogP contribution is -2.10. The molecule has 3 aromatic carbocycles. The zero-order valence-electron chi connectivity index (χ0n) is 17.4. The van der Waals surface area contributed by atoms with Gasteiger partial charge >= 0.3 is 0 Å². The molecule has 33 heavy (non-hydrogen) atoms. The van der Waals surface area contributed by atoms with E-state index < -0.39 is 5.91 Å². The molecule has 1 aliphatic rings. The van der Waals surface area contributed by atoms with Crippen molar-refractivity contribution < 1.29 is 28.7 Å². The second kappa shape index (κ2) is 9.99. The van der Waals surface area contributed by atoms with E-state index in [1.54, 1.807) is 30.3 Å². The number of carbonyl (C=O) groups is 1. The molecule has 0 unspecified atom stereocenters. The van der Waals surface area contributed by atoms with Crippen LogP contribution in [0.15, 0.2) is 52.3 Å². The van der Waals surface area contributed by atoms with Crippen LogP contribution in [0.5, 0.6) is 0 Å². The van der Waals surface area contributed by atoms with Gasteiger partial charge in [0.05, 0.1) is 46.5 Å². The highest BCUT2D eigenvalue weighted by molar-refractivity contribution is 7.94. The van der Waals surface area contributed by atoms with Crippen molar-refractivity contribution in [2.75, 3.05) is 0 Å². The fraction of sp³-hybridized carbons (Fsp3) is 0.0952. The van der Waals surface area contributed by atoms with Gasteiger partial charge in [-0.15, -0.1) is 13.7 Å². The van der Waals surface area contributed by atoms with Crippen molar-refractivity contribution in [3.63, 3.8) is 0 Å². The first-order chi connectivity index (χ1) is 16.1. The summed E-state index contributed by atoms with van der Waals surface area (Å²) in [5.41, 5.74) is 10.0. The number of aromatic nitrogens is 2. The lowest BCUT2D eigenvalue weighted by molar-refractivity contribution is -0.432. The minimum Gasteiger partial charge on any atom is -0.366 e. The van der Waals surface area contributed by atoms with E-state index in [4.69, 9.17) is 31.2 Å². The van der Waals surface area contributed by atoms with E-state index in [1.807, 2.05) is 26.0 Å². The Morgan fingerprint density at radius 1 is 0.909 bits per heavy atom. The van der Waals surface area contributed by atoms with E-state index in [1.165, 1.54) is 0 Å². The molecular formula is C21H18N4O6S2. The van der Waals surface area contributed by atoms with E-state index in [0.717, 1.165) is 46.0 Å². The molecular weight excluding hydrogens is 468 g/mol. The lowest BCUT2D eigenvalue weighted by atomic mass is 10.0. The van der Waals surface area contributed by atoms with Gasteiger partial charge in [-0.3, -0.25) is 4.79 Å². The number of nitrogens with zero attached hydrogens (tertiary/aromatic N) is 2. The molecule has 0 aliphatic heterocycles. The van der Waals surface area contributed by atoms with Gasteiger partial charge in [-0.1, -0.05) is 18.9 Å². The standard InChI is InChI=1S/C19H12N4O6S2.C2H6/c20-19(24)9-3-8-4-11(31-28-26-21)6-13-16(8)12(5-9)17-18(13)23-15-7-10(30-29-27-25)1-2-14(15)22-17;1-2/h1-7,25H,21H2,(H2,20,24);1-2H3. The maximum absolute atomic E-state index is 11.9. The first-order valence-corrected chi connectivity index (χ1v) is 11.2. The molecule has 0 saturated carbocycles. The van der Waals surface area contributed by atoms with Crippen LogP contribution in [0.1, 0.15) is 24.2 Å². The smallest absolute Gasteiger partial charge is 0.248 e. The molecule has 1 heterocycles. The van der Waals surface area contributed by atoms with Gasteiger partial charge < -0.3 is 5.73 Å². The molecule has 10 nitrogen and oxygen atoms in total. The van der Waals surface area contributed by atoms with Crippen molar-refractivity contribution in [3.05, 3.63) is 48.0 Å². The second-order valence-corrected chi connectivity index (χ2v) is 8.05. The monoisotopic (exact) mass is 486 g/mol. The van der Waals surface area contributed by atoms with E-state index in [0.29, 0.717) is 37.8 Å². The summed E-state index contributed by atoms with van der Waals surface area (Å²) in [6.45, 7) is 4.00. The van der Waals surface area contributed by atoms with Gasteiger partial charge in [0.2, 0.25) is 5.91 Å². The summed E-state index contributed by atoms with van der Waals surface area (Å²) in [5, 5.41) is 13.7. The molecule has 0 spiro atoms. The molecule has 170 valence electrons. The van der Waals surface area contributed by atoms with Gasteiger partial charge in [-0.25, -0.2) is 15.2 Å². The zero-order valence-corrected chi connectivity index (χ0v) is 19.0. The number of benzene rings is 3. The third-order valence-corrected chi connectivity index (χ3v) is 5.93. The van der Waals surface area contributed by atoms with Crippen molar-refractivity contribution in [2.45, 2.75) is 23.6 Å². The van der Waals surface area contributed by atoms with Crippen LogP contribution >= 0.6 is 24.1 Å². The van der Waals surface area contributed by atoms with Crippen molar-refractivity contribution >= 4 is 51.8 Å². The predicted molar refractivity (Wildman–Crippen MR) is 124 cm³/mol. The van der Waals surface area contributed by atoms with Crippen molar-refractivity contribution in [1.82, 2.24) is 9.97 Å². The normalized spacial score (nSPS) is 11.4. The summed E-state index contributed by atoms with van der Waals surface area (Å²) in [6, 6.07) is 12.4. The van der Waals surface area contributed by atoms with Crippen LogP contribution in [0.25, 0.3) is 44.3 Å². The molecule has 4 aromatic rings. The number of amides is 1. The van der Waals surface area contributed by atoms with Crippen LogP contribution in [0.2, 0.25) is 0 Å². The minimum absolute atomic E-state index is 0.356. The van der Waals surface area contributed by atoms with Crippen LogP contribution in [0.3, 0.4) is 0 Å². The fourth-order valence-electron chi connectivity index (χ4n) is 3.63. The number of carbonyl (C=O) groups excluding carboxylic acids is 1. The maximum atomic E-state index is 11.9. The molecule has 0 saturated heterocycles. The Morgan fingerprint density at radius 2 is 1.61 bits per heavy atom. The summed E-state index contributed by atoms with van der Waals surface area (Å²) in [4.78, 5) is 27.0. The molecule has 0 atom stereocenters. The number of hydrogen-bond donors (Lipinski definition) is 3. The molecule has 0 fully saturated rings. The number of primary amides is 1. The number of nitrogens with two attached hydrogens (primary N) is 2. The van der Waals surface area contributed by atoms with Crippen molar-refractivity contribution in [3.8, 4) is 22.5 Å². The minimum atomic E-state index is -0.547. The largest absolute Gasteiger partial charge is 0.366 e. The maximum Gasteiger partial charge on any atom is 0.248 e. The van der Waals surface area contributed by atoms with E-state index in [9.17, 15) is 4.79 Å². The quantitative estimate of drug-likeness (QED) is 0.165. The molecule has 1 aromatic heterocycles. The molecule has 1 aliphatic carbocycles. The Bertz CT molecular complexity index is 1370. The van der Waals surface area contributed by atoms with Gasteiger partial charge in [-0.05, 0) is 47.9 Å². The van der Waals surface area contributed by atoms with Crippen molar-refractivity contribution in [2.24, 2.45) is 11.6 Å². The third-order valence-electron chi connectivity index (χ3n) is 4.78. The average molecular weight is 487 g/mol. The van der Waals surface area contributed by atoms with Crippen LogP contribution in [0, 0.1) is 0 Å². The molecule has 12 heteroatoms. The summed E-state index contributed by atoms with van der Waals surface area (Å²) in [7, 11) is 0. The van der Waals surface area contributed by atoms with Crippen molar-refractivity contribution in [1.29, 1.82) is 0 Å². The molecule has 1 amide bonds. The highest BCUT2D eigenvalue weighted by Crippen LogP contribution is 2.48. The van der Waals surface area contributed by atoms with Gasteiger partial charge in [0.25, 0.3) is 0 Å². The summed E-state index contributed by atoms with van der Waals surface area (Å²) in [6.07, 6.45) is 0. The zero-order chi connectivity index (χ0) is 23.5. The van der Waals surface area contributed by atoms with Gasteiger partial charge in [0.1, 0.15) is 0 Å². The first kappa shape index (κ1) is 23.4. The fourth-order valence-corrected chi connectivity index (χ4v) is 4.48. The number of hydrogen-bond acceptors (Lipinski definition) is 11. The van der Waals surface area contributed by atoms with Gasteiger partial charge in [0, 0.05) is 31.9 Å². The number of rotatable bonds is 7. The van der Waals surface area contributed by atoms with E-state index >= 15 is 0 Å². The summed E-state index contributed by atoms with van der Waals surface area (Å²) in [5.74, 6) is 4.41. The van der Waals surface area contributed by atoms with E-state index in [2.05, 4.69) is 14.4 Å². The Labute approximate surface area is 196 Å². The SMILES string of the molecule is CC.NOOSc1cc2c3c(cc(C(N)=O)cc3c1)-c1nc3ccc(SOOO)cc3nc1-2. The highest BCUT2D eigenvalue weighted by atomic mass is 32.2. The number of fused-ring (bicyclic) bond motifs is 4. The Balaban J connectivity index is 0.00000126. The highest BCUT2D eigenvalue weighted by Gasteiger charge is 2.27. The molecule has 0 radical (unpaired) electrons. The Kier molecular flexibility index (Phi) is 7.07. The molecule has 5 N–H and O–H groups in total. The Morgan fingerprint density at radius 3 is 2.30 bits per heavy atom. The topological polar surface area (TPSA) is 152 Å². The molecule has 0 bridgehead atoms. The van der Waals surface area contributed by atoms with Gasteiger partial charge in [-0.2, -0.15) is 5.90 Å². The van der Waals surface area contributed by atoms with Crippen LogP contribution in [0.4, 0.5) is 0 Å². The van der Waals surface area contributed by atoms with Crippen LogP contribution in [-0.2, 0) is 18.7 Å². The van der Waals surface area contributed by atoms with Crippen LogP contribution in [-0.4, -0.2) is 21.1 Å². The summed E-state index contributed by atoms with van der Waals surface area (Å²) >= 11 is 1.75. The Hall–Kier alpha value is -2.81. The van der Waals surface area contributed by atoms with E-state index in [-0.39, 0.29) is 0 Å². The third kappa shape index (κ3) is 4.38. The lowest BCUT2D eigenvalue weighted by Gasteiger charge is -2.07. The average Bonchev–Trinajstić information content (AvgIpc) is 3.14. The van der Waals surface area contributed by atoms with Crippen LogP contribution < -0.4 is 11.6 Å². The predicted octanol–water partition coefficient (Wildman–Crippen LogP) is 4.81.